The minimum absolute atomic E-state index is 0.189. The molecular formula is C8H14N2O3. The molecule has 1 heterocycles. The number of carboxylic acids is 1. The first-order valence-electron chi connectivity index (χ1n) is 4.34. The van der Waals surface area contributed by atoms with Crippen molar-refractivity contribution in [1.29, 1.82) is 0 Å². The van der Waals surface area contributed by atoms with Crippen LogP contribution in [0.1, 0.15) is 12.8 Å². The summed E-state index contributed by atoms with van der Waals surface area (Å²) in [5, 5.41) is 11.2. The molecule has 0 aliphatic carbocycles. The van der Waals surface area contributed by atoms with Crippen LogP contribution in [0.4, 0.5) is 4.79 Å². The monoisotopic (exact) mass is 186 g/mol. The van der Waals surface area contributed by atoms with Gasteiger partial charge in [0.2, 0.25) is 0 Å². The number of urea groups is 1. The van der Waals surface area contributed by atoms with Crippen molar-refractivity contribution in [3.05, 3.63) is 0 Å². The van der Waals surface area contributed by atoms with Gasteiger partial charge in [0.05, 0.1) is 5.92 Å². The fourth-order valence-corrected chi connectivity index (χ4v) is 1.52. The van der Waals surface area contributed by atoms with Crippen LogP contribution in [0, 0.1) is 5.92 Å². The highest BCUT2D eigenvalue weighted by atomic mass is 16.4. The van der Waals surface area contributed by atoms with Gasteiger partial charge in [-0.05, 0) is 12.8 Å². The van der Waals surface area contributed by atoms with Gasteiger partial charge in [0, 0.05) is 20.1 Å². The SMILES string of the molecule is CNC(=O)N1CCC[C@H](C(=O)O)C1. The average molecular weight is 186 g/mol. The number of piperidine rings is 1. The highest BCUT2D eigenvalue weighted by Crippen LogP contribution is 2.16. The van der Waals surface area contributed by atoms with Crippen LogP contribution in [0.2, 0.25) is 0 Å². The molecule has 1 aliphatic heterocycles. The molecule has 1 atom stereocenters. The second kappa shape index (κ2) is 4.11. The van der Waals surface area contributed by atoms with Crippen molar-refractivity contribution in [2.75, 3.05) is 20.1 Å². The molecule has 1 fully saturated rings. The van der Waals surface area contributed by atoms with E-state index in [0.717, 1.165) is 6.42 Å². The van der Waals surface area contributed by atoms with Crippen LogP contribution < -0.4 is 5.32 Å². The Balaban J connectivity index is 2.51. The molecule has 74 valence electrons. The quantitative estimate of drug-likeness (QED) is 0.611. The normalized spacial score (nSPS) is 22.5. The molecule has 1 saturated heterocycles. The van der Waals surface area contributed by atoms with E-state index in [2.05, 4.69) is 5.32 Å². The van der Waals surface area contributed by atoms with Gasteiger partial charge < -0.3 is 15.3 Å². The molecule has 0 spiro atoms. The fourth-order valence-electron chi connectivity index (χ4n) is 1.52. The van der Waals surface area contributed by atoms with E-state index in [4.69, 9.17) is 5.11 Å². The lowest BCUT2D eigenvalue weighted by atomic mass is 9.99. The van der Waals surface area contributed by atoms with E-state index in [1.165, 1.54) is 0 Å². The summed E-state index contributed by atoms with van der Waals surface area (Å²) >= 11 is 0. The second-order valence-electron chi connectivity index (χ2n) is 3.18. The van der Waals surface area contributed by atoms with Crippen molar-refractivity contribution < 1.29 is 14.7 Å². The largest absolute Gasteiger partial charge is 0.481 e. The summed E-state index contributed by atoms with van der Waals surface area (Å²) in [4.78, 5) is 23.4. The molecule has 0 bridgehead atoms. The molecule has 0 aromatic rings. The van der Waals surface area contributed by atoms with E-state index >= 15 is 0 Å². The van der Waals surface area contributed by atoms with Gasteiger partial charge in [-0.2, -0.15) is 0 Å². The Bertz CT molecular complexity index is 217. The van der Waals surface area contributed by atoms with Gasteiger partial charge in [-0.15, -0.1) is 0 Å². The van der Waals surface area contributed by atoms with Crippen LogP contribution in [-0.4, -0.2) is 42.1 Å². The smallest absolute Gasteiger partial charge is 0.317 e. The van der Waals surface area contributed by atoms with Gasteiger partial charge >= 0.3 is 12.0 Å². The van der Waals surface area contributed by atoms with Crippen molar-refractivity contribution in [2.24, 2.45) is 5.92 Å². The zero-order valence-electron chi connectivity index (χ0n) is 7.62. The van der Waals surface area contributed by atoms with Crippen LogP contribution in [-0.2, 0) is 4.79 Å². The van der Waals surface area contributed by atoms with E-state index in [9.17, 15) is 9.59 Å². The van der Waals surface area contributed by atoms with E-state index in [1.54, 1.807) is 11.9 Å². The number of carbonyl (C=O) groups is 2. The lowest BCUT2D eigenvalue weighted by molar-refractivity contribution is -0.143. The number of nitrogens with one attached hydrogen (secondary N) is 1. The summed E-state index contributed by atoms with van der Waals surface area (Å²) < 4.78 is 0. The van der Waals surface area contributed by atoms with E-state index in [-0.39, 0.29) is 6.03 Å². The zero-order chi connectivity index (χ0) is 9.84. The van der Waals surface area contributed by atoms with Crippen LogP contribution in [0.3, 0.4) is 0 Å². The lowest BCUT2D eigenvalue weighted by Gasteiger charge is -2.30. The van der Waals surface area contributed by atoms with Crippen molar-refractivity contribution >= 4 is 12.0 Å². The van der Waals surface area contributed by atoms with Crippen LogP contribution in [0.15, 0.2) is 0 Å². The number of amides is 2. The summed E-state index contributed by atoms with van der Waals surface area (Å²) in [6.07, 6.45) is 1.44. The molecule has 2 N–H and O–H groups in total. The lowest BCUT2D eigenvalue weighted by Crippen LogP contribution is -2.46. The molecule has 0 radical (unpaired) electrons. The Hall–Kier alpha value is -1.26. The first kappa shape index (κ1) is 9.83. The summed E-state index contributed by atoms with van der Waals surface area (Å²) in [7, 11) is 1.55. The van der Waals surface area contributed by atoms with Gasteiger partial charge in [-0.25, -0.2) is 4.79 Å². The summed E-state index contributed by atoms with van der Waals surface area (Å²) in [6, 6.07) is -0.189. The molecular weight excluding hydrogens is 172 g/mol. The predicted octanol–water partition coefficient (Wildman–Crippen LogP) is 0.122. The Morgan fingerprint density at radius 2 is 2.23 bits per heavy atom. The third-order valence-corrected chi connectivity index (χ3v) is 2.27. The van der Waals surface area contributed by atoms with Crippen LogP contribution in [0.25, 0.3) is 0 Å². The van der Waals surface area contributed by atoms with E-state index in [1.807, 2.05) is 0 Å². The number of aliphatic carboxylic acids is 1. The average Bonchev–Trinajstić information content (AvgIpc) is 2.17. The van der Waals surface area contributed by atoms with Gasteiger partial charge in [-0.3, -0.25) is 4.79 Å². The number of hydrogen-bond donors (Lipinski definition) is 2. The van der Waals surface area contributed by atoms with Crippen molar-refractivity contribution in [3.8, 4) is 0 Å². The van der Waals surface area contributed by atoms with Crippen LogP contribution >= 0.6 is 0 Å². The van der Waals surface area contributed by atoms with Crippen LogP contribution in [0.5, 0.6) is 0 Å². The van der Waals surface area contributed by atoms with Crippen molar-refractivity contribution in [2.45, 2.75) is 12.8 Å². The Labute approximate surface area is 76.7 Å². The molecule has 0 saturated carbocycles. The second-order valence-corrected chi connectivity index (χ2v) is 3.18. The molecule has 1 aliphatic rings. The Kier molecular flexibility index (Phi) is 3.11. The highest BCUT2D eigenvalue weighted by Gasteiger charge is 2.27. The Morgan fingerprint density at radius 1 is 1.54 bits per heavy atom. The maximum atomic E-state index is 11.2. The fraction of sp³-hybridized carbons (Fsp3) is 0.750. The van der Waals surface area contributed by atoms with Gasteiger partial charge in [0.1, 0.15) is 0 Å². The molecule has 1 rings (SSSR count). The minimum atomic E-state index is -0.811. The molecule has 2 amide bonds. The molecule has 5 heteroatoms. The third-order valence-electron chi connectivity index (χ3n) is 2.27. The summed E-state index contributed by atoms with van der Waals surface area (Å²) in [6.45, 7) is 0.985. The number of likely N-dealkylation sites (tertiary alicyclic amines) is 1. The zero-order valence-corrected chi connectivity index (χ0v) is 7.62. The van der Waals surface area contributed by atoms with Crippen molar-refractivity contribution in [3.63, 3.8) is 0 Å². The first-order valence-corrected chi connectivity index (χ1v) is 4.34. The minimum Gasteiger partial charge on any atom is -0.481 e. The summed E-state index contributed by atoms with van der Waals surface area (Å²) in [5.41, 5.74) is 0. The number of hydrogen-bond acceptors (Lipinski definition) is 2. The first-order chi connectivity index (χ1) is 6.15. The number of carbonyl (C=O) groups excluding carboxylic acids is 1. The number of carboxylic acid groups (broad SMARTS) is 1. The Morgan fingerprint density at radius 3 is 2.77 bits per heavy atom. The summed E-state index contributed by atoms with van der Waals surface area (Å²) in [5.74, 6) is -1.21. The molecule has 0 unspecified atom stereocenters. The van der Waals surface area contributed by atoms with Gasteiger partial charge in [0.25, 0.3) is 0 Å². The highest BCUT2D eigenvalue weighted by molar-refractivity contribution is 5.76. The maximum Gasteiger partial charge on any atom is 0.317 e. The molecule has 0 aromatic carbocycles. The van der Waals surface area contributed by atoms with Crippen molar-refractivity contribution in [1.82, 2.24) is 10.2 Å². The molecule has 5 nitrogen and oxygen atoms in total. The standard InChI is InChI=1S/C8H14N2O3/c1-9-8(13)10-4-2-3-6(5-10)7(11)12/h6H,2-5H2,1H3,(H,9,13)(H,11,12)/t6-/m0/s1. The molecule has 13 heavy (non-hydrogen) atoms. The maximum absolute atomic E-state index is 11.2. The van der Waals surface area contributed by atoms with E-state index < -0.39 is 11.9 Å². The van der Waals surface area contributed by atoms with Gasteiger partial charge in [0.15, 0.2) is 0 Å². The predicted molar refractivity (Wildman–Crippen MR) is 46.4 cm³/mol. The van der Waals surface area contributed by atoms with E-state index in [0.29, 0.717) is 19.5 Å². The number of rotatable bonds is 1. The van der Waals surface area contributed by atoms with Gasteiger partial charge in [-0.1, -0.05) is 0 Å². The molecule has 0 aromatic heterocycles. The number of nitrogens with zero attached hydrogens (tertiary/aromatic N) is 1. The third kappa shape index (κ3) is 2.34. The topological polar surface area (TPSA) is 69.6 Å².